The molecule has 2 aromatic rings. The number of benzene rings is 1. The maximum Gasteiger partial charge on any atom is 0.283 e. The third kappa shape index (κ3) is 3.62. The Kier molecular flexibility index (Phi) is 5.28. The Morgan fingerprint density at radius 3 is 2.85 bits per heavy atom. The second-order valence-corrected chi connectivity index (χ2v) is 8.09. The van der Waals surface area contributed by atoms with Crippen molar-refractivity contribution >= 4 is 17.6 Å². The van der Waals surface area contributed by atoms with Gasteiger partial charge in [0.05, 0.1) is 24.8 Å². The number of halogens is 2. The van der Waals surface area contributed by atoms with Gasteiger partial charge >= 0.3 is 0 Å². The van der Waals surface area contributed by atoms with Crippen molar-refractivity contribution in [2.24, 2.45) is 16.6 Å². The van der Waals surface area contributed by atoms with Crippen LogP contribution in [0.3, 0.4) is 0 Å². The number of ether oxygens (including phenoxy) is 4. The molecule has 1 fully saturated rings. The lowest BCUT2D eigenvalue weighted by Gasteiger charge is -2.41. The number of nitrogens with zero attached hydrogens (tertiary/aromatic N) is 2. The number of aliphatic imine (C=N–C) groups is 1. The fourth-order valence-electron chi connectivity index (χ4n) is 4.65. The number of amidine groups is 1. The molecule has 1 amide bonds. The van der Waals surface area contributed by atoms with E-state index in [9.17, 15) is 9.18 Å². The van der Waals surface area contributed by atoms with Gasteiger partial charge < -0.3 is 30.0 Å². The first kappa shape index (κ1) is 21.4. The minimum Gasteiger partial charge on any atom is -0.486 e. The molecule has 3 aliphatic rings. The molecule has 5 rings (SSSR count). The molecule has 0 radical (unpaired) electrons. The molecule has 4 heterocycles. The average molecular weight is 460 g/mol. The number of pyridine rings is 1. The molecule has 33 heavy (non-hydrogen) atoms. The van der Waals surface area contributed by atoms with Crippen LogP contribution in [0.2, 0.25) is 0 Å². The van der Waals surface area contributed by atoms with Crippen molar-refractivity contribution < 1.29 is 32.5 Å². The van der Waals surface area contributed by atoms with E-state index in [2.05, 4.69) is 15.3 Å². The number of carbonyl (C=O) groups excluding carboxylic acids is 1. The van der Waals surface area contributed by atoms with E-state index in [-0.39, 0.29) is 29.6 Å². The SMILES string of the molecule is C[C@H]1OC[C@H]2OC(N)=N[C@](CF)(c3cc(NC(=O)c4cc5c(cn4)OCCO5)ccc3F)[C@@H]12. The monoisotopic (exact) mass is 460 g/mol. The zero-order valence-corrected chi connectivity index (χ0v) is 17.7. The Labute approximate surface area is 187 Å². The molecule has 3 aliphatic heterocycles. The summed E-state index contributed by atoms with van der Waals surface area (Å²) in [5.74, 6) is -0.978. The van der Waals surface area contributed by atoms with Crippen LogP contribution >= 0.6 is 0 Å². The number of alkyl halides is 1. The van der Waals surface area contributed by atoms with Crippen LogP contribution in [-0.4, -0.2) is 55.6 Å². The number of rotatable bonds is 4. The van der Waals surface area contributed by atoms with E-state index in [1.807, 2.05) is 0 Å². The molecule has 0 bridgehead atoms. The Morgan fingerprint density at radius 2 is 2.06 bits per heavy atom. The van der Waals surface area contributed by atoms with Gasteiger partial charge in [-0.1, -0.05) is 0 Å². The van der Waals surface area contributed by atoms with Crippen molar-refractivity contribution in [3.63, 3.8) is 0 Å². The summed E-state index contributed by atoms with van der Waals surface area (Å²) < 4.78 is 51.7. The highest BCUT2D eigenvalue weighted by Gasteiger charge is 2.56. The van der Waals surface area contributed by atoms with Crippen LogP contribution in [-0.2, 0) is 15.0 Å². The van der Waals surface area contributed by atoms with E-state index in [4.69, 9.17) is 24.7 Å². The molecule has 9 nitrogen and oxygen atoms in total. The van der Waals surface area contributed by atoms with Crippen molar-refractivity contribution in [1.29, 1.82) is 0 Å². The van der Waals surface area contributed by atoms with Gasteiger partial charge in [-0.3, -0.25) is 4.79 Å². The predicted molar refractivity (Wildman–Crippen MR) is 113 cm³/mol. The Bertz CT molecular complexity index is 1130. The summed E-state index contributed by atoms with van der Waals surface area (Å²) in [6.07, 6.45) is 0.397. The summed E-state index contributed by atoms with van der Waals surface area (Å²) in [4.78, 5) is 21.1. The van der Waals surface area contributed by atoms with Gasteiger partial charge in [-0.15, -0.1) is 0 Å². The van der Waals surface area contributed by atoms with E-state index in [1.165, 1.54) is 24.4 Å². The molecule has 0 unspecified atom stereocenters. The molecule has 174 valence electrons. The van der Waals surface area contributed by atoms with Gasteiger partial charge in [0.1, 0.15) is 43.0 Å². The fraction of sp³-hybridized carbons (Fsp3) is 0.409. The second-order valence-electron chi connectivity index (χ2n) is 8.09. The van der Waals surface area contributed by atoms with Gasteiger partial charge in [0.15, 0.2) is 11.5 Å². The first-order valence-corrected chi connectivity index (χ1v) is 10.5. The van der Waals surface area contributed by atoms with E-state index < -0.39 is 42.1 Å². The van der Waals surface area contributed by atoms with Crippen LogP contribution in [0, 0.1) is 11.7 Å². The molecule has 0 saturated carbocycles. The molecule has 0 aliphatic carbocycles. The van der Waals surface area contributed by atoms with Gasteiger partial charge in [-0.25, -0.2) is 18.8 Å². The molecule has 0 spiro atoms. The summed E-state index contributed by atoms with van der Waals surface area (Å²) in [5.41, 5.74) is 4.43. The first-order valence-electron chi connectivity index (χ1n) is 10.5. The van der Waals surface area contributed by atoms with Crippen molar-refractivity contribution in [2.45, 2.75) is 24.7 Å². The minimum absolute atomic E-state index is 0.0449. The maximum atomic E-state index is 15.0. The summed E-state index contributed by atoms with van der Waals surface area (Å²) in [6, 6.07) is 5.11. The number of carbonyl (C=O) groups is 1. The van der Waals surface area contributed by atoms with Crippen molar-refractivity contribution in [3.05, 3.63) is 47.5 Å². The smallest absolute Gasteiger partial charge is 0.283 e. The molecule has 3 N–H and O–H groups in total. The first-order chi connectivity index (χ1) is 15.9. The molecular formula is C22H22F2N4O5. The van der Waals surface area contributed by atoms with Gasteiger partial charge in [-0.05, 0) is 25.1 Å². The lowest BCUT2D eigenvalue weighted by molar-refractivity contribution is 0.0429. The number of amides is 1. The summed E-state index contributed by atoms with van der Waals surface area (Å²) >= 11 is 0. The number of hydrogen-bond acceptors (Lipinski definition) is 8. The molecule has 1 aromatic heterocycles. The Balaban J connectivity index is 1.48. The van der Waals surface area contributed by atoms with Crippen LogP contribution in [0.15, 0.2) is 35.5 Å². The van der Waals surface area contributed by atoms with Gasteiger partial charge in [0, 0.05) is 17.3 Å². The largest absolute Gasteiger partial charge is 0.486 e. The fourth-order valence-corrected chi connectivity index (χ4v) is 4.65. The standard InChI is InChI=1S/C22H22F2N4O5/c1-11-19-18(9-32-11)33-21(25)28-22(19,10-23)13-6-12(2-3-14(13)24)27-20(29)15-7-16-17(8-26-15)31-5-4-30-16/h2-3,6-8,11,18-19H,4-5,9-10H2,1H3,(H2,25,28)(H,27,29)/t11-,18-,19+,22-/m1/s1. The number of fused-ring (bicyclic) bond motifs is 2. The van der Waals surface area contributed by atoms with Crippen LogP contribution < -0.4 is 20.5 Å². The minimum atomic E-state index is -1.65. The second kappa shape index (κ2) is 8.14. The summed E-state index contributed by atoms with van der Waals surface area (Å²) in [7, 11) is 0. The highest BCUT2D eigenvalue weighted by molar-refractivity contribution is 6.03. The molecule has 11 heteroatoms. The van der Waals surface area contributed by atoms with Crippen LogP contribution in [0.4, 0.5) is 14.5 Å². The number of nitrogens with two attached hydrogens (primary N) is 1. The molecular weight excluding hydrogens is 438 g/mol. The quantitative estimate of drug-likeness (QED) is 0.718. The van der Waals surface area contributed by atoms with E-state index in [0.717, 1.165) is 6.07 Å². The number of hydrogen-bond donors (Lipinski definition) is 2. The van der Waals surface area contributed by atoms with Crippen molar-refractivity contribution in [1.82, 2.24) is 4.98 Å². The Morgan fingerprint density at radius 1 is 1.27 bits per heavy atom. The van der Waals surface area contributed by atoms with Crippen LogP contribution in [0.1, 0.15) is 23.0 Å². The van der Waals surface area contributed by atoms with Gasteiger partial charge in [0.2, 0.25) is 0 Å². The zero-order chi connectivity index (χ0) is 23.2. The number of anilines is 1. The zero-order valence-electron chi connectivity index (χ0n) is 17.7. The number of aromatic nitrogens is 1. The van der Waals surface area contributed by atoms with Gasteiger partial charge in [0.25, 0.3) is 11.9 Å². The third-order valence-electron chi connectivity index (χ3n) is 6.12. The van der Waals surface area contributed by atoms with E-state index in [1.54, 1.807) is 6.92 Å². The third-order valence-corrected chi connectivity index (χ3v) is 6.12. The maximum absolute atomic E-state index is 15.0. The summed E-state index contributed by atoms with van der Waals surface area (Å²) in [6.45, 7) is 1.69. The molecule has 4 atom stereocenters. The highest BCUT2D eigenvalue weighted by Crippen LogP contribution is 2.47. The predicted octanol–water partition coefficient (Wildman–Crippen LogP) is 2.16. The molecule has 1 saturated heterocycles. The topological polar surface area (TPSA) is 117 Å². The van der Waals surface area contributed by atoms with Crippen molar-refractivity contribution in [3.8, 4) is 11.5 Å². The normalized spacial score (nSPS) is 27.8. The van der Waals surface area contributed by atoms with Crippen molar-refractivity contribution in [2.75, 3.05) is 31.8 Å². The Hall–Kier alpha value is -3.47. The number of nitrogens with one attached hydrogen (secondary N) is 1. The average Bonchev–Trinajstić information content (AvgIpc) is 3.20. The highest BCUT2D eigenvalue weighted by atomic mass is 19.1. The van der Waals surface area contributed by atoms with Crippen LogP contribution in [0.25, 0.3) is 0 Å². The van der Waals surface area contributed by atoms with E-state index in [0.29, 0.717) is 24.7 Å². The summed E-state index contributed by atoms with van der Waals surface area (Å²) in [5, 5.41) is 2.67. The lowest BCUT2D eigenvalue weighted by Crippen LogP contribution is -2.52. The lowest BCUT2D eigenvalue weighted by atomic mass is 9.74. The van der Waals surface area contributed by atoms with Crippen LogP contribution in [0.5, 0.6) is 11.5 Å². The van der Waals surface area contributed by atoms with Gasteiger partial charge in [-0.2, -0.15) is 0 Å². The molecule has 1 aromatic carbocycles. The van der Waals surface area contributed by atoms with E-state index >= 15 is 4.39 Å².